The molecule has 0 aliphatic rings. The van der Waals surface area contributed by atoms with Gasteiger partial charge in [-0.15, -0.1) is 0 Å². The Labute approximate surface area is 137 Å². The average molecular weight is 322 g/mol. The van der Waals surface area contributed by atoms with E-state index in [1.54, 1.807) is 6.07 Å². The second-order valence-corrected chi connectivity index (χ2v) is 6.36. The molecule has 0 fully saturated rings. The van der Waals surface area contributed by atoms with Crippen LogP contribution < -0.4 is 5.73 Å². The van der Waals surface area contributed by atoms with Crippen molar-refractivity contribution in [2.45, 2.75) is 32.2 Å². The van der Waals surface area contributed by atoms with E-state index in [2.05, 4.69) is 38.1 Å². The van der Waals surface area contributed by atoms with E-state index in [-0.39, 0.29) is 12.0 Å². The van der Waals surface area contributed by atoms with Crippen molar-refractivity contribution in [2.24, 2.45) is 11.7 Å². The number of nitrogens with two attached hydrogens (primary N) is 1. The highest BCUT2D eigenvalue weighted by Gasteiger charge is 2.27. The zero-order valence-electron chi connectivity index (χ0n) is 12.4. The summed E-state index contributed by atoms with van der Waals surface area (Å²) in [6, 6.07) is 15.8. The highest BCUT2D eigenvalue weighted by Crippen LogP contribution is 2.39. The first kappa shape index (κ1) is 16.4. The molecule has 0 spiro atoms. The fourth-order valence-corrected chi connectivity index (χ4v) is 3.32. The van der Waals surface area contributed by atoms with Crippen molar-refractivity contribution in [3.63, 3.8) is 0 Å². The molecule has 1 nitrogen and oxygen atoms in total. The van der Waals surface area contributed by atoms with E-state index in [0.717, 1.165) is 12.0 Å². The van der Waals surface area contributed by atoms with Crippen molar-refractivity contribution < 1.29 is 0 Å². The van der Waals surface area contributed by atoms with E-state index in [1.165, 1.54) is 5.56 Å². The van der Waals surface area contributed by atoms with Gasteiger partial charge in [-0.2, -0.15) is 0 Å². The summed E-state index contributed by atoms with van der Waals surface area (Å²) in [6.07, 6.45) is 1.07. The molecule has 2 N–H and O–H groups in total. The van der Waals surface area contributed by atoms with Crippen LogP contribution in [0.2, 0.25) is 10.0 Å². The van der Waals surface area contributed by atoms with Crippen LogP contribution in [0, 0.1) is 5.92 Å². The summed E-state index contributed by atoms with van der Waals surface area (Å²) in [4.78, 5) is 0. The normalized spacial score (nSPS) is 15.5. The van der Waals surface area contributed by atoms with E-state index in [4.69, 9.17) is 28.9 Å². The summed E-state index contributed by atoms with van der Waals surface area (Å²) >= 11 is 12.3. The third-order valence-corrected chi connectivity index (χ3v) is 4.71. The largest absolute Gasteiger partial charge is 0.323 e. The summed E-state index contributed by atoms with van der Waals surface area (Å²) in [6.45, 7) is 4.43. The molecule has 21 heavy (non-hydrogen) atoms. The number of hydrogen-bond donors (Lipinski definition) is 1. The Bertz CT molecular complexity index is 583. The monoisotopic (exact) mass is 321 g/mol. The van der Waals surface area contributed by atoms with Gasteiger partial charge in [0.2, 0.25) is 0 Å². The molecular weight excluding hydrogens is 301 g/mol. The molecule has 3 heteroatoms. The standard InChI is InChI=1S/C18H21Cl2N/c1-3-12(2)17(13-7-5-4-6-8-13)18(21)15-10-9-14(19)11-16(15)20/h4-12,17-18H,3,21H2,1-2H3. The van der Waals surface area contributed by atoms with E-state index >= 15 is 0 Å². The van der Waals surface area contributed by atoms with Crippen LogP contribution in [0.25, 0.3) is 0 Å². The summed E-state index contributed by atoms with van der Waals surface area (Å²) < 4.78 is 0. The fourth-order valence-electron chi connectivity index (χ4n) is 2.78. The maximum absolute atomic E-state index is 6.57. The molecule has 2 aromatic carbocycles. The molecule has 0 aromatic heterocycles. The lowest BCUT2D eigenvalue weighted by molar-refractivity contribution is 0.388. The molecule has 3 atom stereocenters. The molecule has 3 unspecified atom stereocenters. The van der Waals surface area contributed by atoms with Crippen LogP contribution in [0.15, 0.2) is 48.5 Å². The molecule has 0 heterocycles. The van der Waals surface area contributed by atoms with Gasteiger partial charge in [0.15, 0.2) is 0 Å². The van der Waals surface area contributed by atoms with Gasteiger partial charge in [-0.1, -0.05) is 79.9 Å². The molecule has 0 saturated heterocycles. The summed E-state index contributed by atoms with van der Waals surface area (Å²) in [5, 5.41) is 1.27. The lowest BCUT2D eigenvalue weighted by Gasteiger charge is -2.30. The van der Waals surface area contributed by atoms with Crippen LogP contribution in [0.1, 0.15) is 43.4 Å². The van der Waals surface area contributed by atoms with Crippen LogP contribution in [-0.4, -0.2) is 0 Å². The summed E-state index contributed by atoms with van der Waals surface area (Å²) in [5.41, 5.74) is 8.78. The topological polar surface area (TPSA) is 26.0 Å². The van der Waals surface area contributed by atoms with E-state index in [1.807, 2.05) is 18.2 Å². The lowest BCUT2D eigenvalue weighted by Crippen LogP contribution is -2.25. The molecule has 2 aromatic rings. The minimum absolute atomic E-state index is 0.146. The van der Waals surface area contributed by atoms with Crippen molar-refractivity contribution in [1.82, 2.24) is 0 Å². The van der Waals surface area contributed by atoms with Gasteiger partial charge >= 0.3 is 0 Å². The van der Waals surface area contributed by atoms with Gasteiger partial charge < -0.3 is 5.73 Å². The van der Waals surface area contributed by atoms with Gasteiger partial charge in [0.1, 0.15) is 0 Å². The third kappa shape index (κ3) is 3.79. The SMILES string of the molecule is CCC(C)C(c1ccccc1)C(N)c1ccc(Cl)cc1Cl. The third-order valence-electron chi connectivity index (χ3n) is 4.15. The lowest BCUT2D eigenvalue weighted by atomic mass is 9.78. The van der Waals surface area contributed by atoms with Crippen LogP contribution in [0.4, 0.5) is 0 Å². The van der Waals surface area contributed by atoms with Crippen molar-refractivity contribution in [3.05, 3.63) is 69.7 Å². The maximum Gasteiger partial charge on any atom is 0.0468 e. The van der Waals surface area contributed by atoms with Gasteiger partial charge in [0.05, 0.1) is 0 Å². The quantitative estimate of drug-likeness (QED) is 0.737. The van der Waals surface area contributed by atoms with Crippen molar-refractivity contribution in [1.29, 1.82) is 0 Å². The smallest absolute Gasteiger partial charge is 0.0468 e. The Morgan fingerprint density at radius 2 is 1.71 bits per heavy atom. The molecule has 0 aliphatic carbocycles. The van der Waals surface area contributed by atoms with Crippen molar-refractivity contribution in [2.75, 3.05) is 0 Å². The highest BCUT2D eigenvalue weighted by atomic mass is 35.5. The van der Waals surface area contributed by atoms with Crippen LogP contribution in [0.3, 0.4) is 0 Å². The van der Waals surface area contributed by atoms with E-state index in [0.29, 0.717) is 16.0 Å². The number of halogens is 2. The van der Waals surface area contributed by atoms with Gasteiger partial charge in [0, 0.05) is 22.0 Å². The van der Waals surface area contributed by atoms with Crippen LogP contribution >= 0.6 is 23.2 Å². The Hall–Kier alpha value is -1.02. The molecule has 0 aliphatic heterocycles. The minimum Gasteiger partial charge on any atom is -0.323 e. The molecule has 2 rings (SSSR count). The van der Waals surface area contributed by atoms with Crippen LogP contribution in [0.5, 0.6) is 0 Å². The fraction of sp³-hybridized carbons (Fsp3) is 0.333. The van der Waals surface area contributed by atoms with Gasteiger partial charge in [-0.3, -0.25) is 0 Å². The Balaban J connectivity index is 2.41. The predicted molar refractivity (Wildman–Crippen MR) is 92.0 cm³/mol. The van der Waals surface area contributed by atoms with Crippen molar-refractivity contribution >= 4 is 23.2 Å². The zero-order valence-corrected chi connectivity index (χ0v) is 13.9. The van der Waals surface area contributed by atoms with E-state index in [9.17, 15) is 0 Å². The maximum atomic E-state index is 6.57. The molecule has 0 saturated carbocycles. The van der Waals surface area contributed by atoms with Gasteiger partial charge in [-0.25, -0.2) is 0 Å². The number of hydrogen-bond acceptors (Lipinski definition) is 1. The molecule has 0 radical (unpaired) electrons. The summed E-state index contributed by atoms with van der Waals surface area (Å²) in [5.74, 6) is 0.698. The predicted octanol–water partition coefficient (Wildman–Crippen LogP) is 5.82. The first-order valence-electron chi connectivity index (χ1n) is 7.30. The van der Waals surface area contributed by atoms with Crippen molar-refractivity contribution in [3.8, 4) is 0 Å². The Morgan fingerprint density at radius 1 is 1.05 bits per heavy atom. The van der Waals surface area contributed by atoms with Gasteiger partial charge in [0.25, 0.3) is 0 Å². The zero-order chi connectivity index (χ0) is 15.4. The minimum atomic E-state index is -0.146. The first-order chi connectivity index (χ1) is 10.0. The average Bonchev–Trinajstić information content (AvgIpc) is 2.48. The Morgan fingerprint density at radius 3 is 2.29 bits per heavy atom. The number of rotatable bonds is 5. The molecule has 0 amide bonds. The molecule has 0 bridgehead atoms. The number of benzene rings is 2. The van der Waals surface area contributed by atoms with Crippen LogP contribution in [-0.2, 0) is 0 Å². The highest BCUT2D eigenvalue weighted by molar-refractivity contribution is 6.35. The molecule has 112 valence electrons. The Kier molecular flexibility index (Phi) is 5.69. The summed E-state index contributed by atoms with van der Waals surface area (Å²) in [7, 11) is 0. The molecular formula is C18H21Cl2N. The first-order valence-corrected chi connectivity index (χ1v) is 8.05. The van der Waals surface area contributed by atoms with Gasteiger partial charge in [-0.05, 0) is 29.2 Å². The second-order valence-electron chi connectivity index (χ2n) is 5.51. The van der Waals surface area contributed by atoms with E-state index < -0.39 is 0 Å². The second kappa shape index (κ2) is 7.31.